The van der Waals surface area contributed by atoms with Gasteiger partial charge in [-0.15, -0.1) is 0 Å². The van der Waals surface area contributed by atoms with Crippen molar-refractivity contribution in [2.75, 3.05) is 42.6 Å². The first-order valence-corrected chi connectivity index (χ1v) is 9.38. The first kappa shape index (κ1) is 17.2. The average Bonchev–Trinajstić information content (AvgIpc) is 3.17. The Bertz CT molecular complexity index is 754. The third kappa shape index (κ3) is 3.39. The van der Waals surface area contributed by atoms with E-state index in [-0.39, 0.29) is 18.8 Å². The fraction of sp³-hybridized carbons (Fsp3) is 0.500. The zero-order valence-electron chi connectivity index (χ0n) is 15.2. The van der Waals surface area contributed by atoms with Gasteiger partial charge in [0.1, 0.15) is 24.1 Å². The van der Waals surface area contributed by atoms with Crippen molar-refractivity contribution in [3.63, 3.8) is 0 Å². The number of ether oxygens (including phenoxy) is 1. The molecule has 0 spiro atoms. The Morgan fingerprint density at radius 2 is 2.04 bits per heavy atom. The number of anilines is 2. The van der Waals surface area contributed by atoms with Gasteiger partial charge in [-0.25, -0.2) is 9.97 Å². The second-order valence-electron chi connectivity index (χ2n) is 7.07. The lowest BCUT2D eigenvalue weighted by molar-refractivity contribution is 0.0391. The van der Waals surface area contributed by atoms with E-state index in [2.05, 4.69) is 51.0 Å². The summed E-state index contributed by atoms with van der Waals surface area (Å²) in [6, 6.07) is 10.6. The Labute approximate surface area is 154 Å². The lowest BCUT2D eigenvalue weighted by Gasteiger charge is -2.35. The second-order valence-corrected chi connectivity index (χ2v) is 7.07. The maximum absolute atomic E-state index is 9.59. The highest BCUT2D eigenvalue weighted by Crippen LogP contribution is 2.29. The molecule has 4 rings (SSSR count). The summed E-state index contributed by atoms with van der Waals surface area (Å²) in [5.41, 5.74) is 2.50. The van der Waals surface area contributed by atoms with Gasteiger partial charge in [0.15, 0.2) is 0 Å². The molecule has 26 heavy (non-hydrogen) atoms. The van der Waals surface area contributed by atoms with Gasteiger partial charge < -0.3 is 19.6 Å². The predicted molar refractivity (Wildman–Crippen MR) is 102 cm³/mol. The van der Waals surface area contributed by atoms with Crippen molar-refractivity contribution in [3.8, 4) is 0 Å². The number of aromatic nitrogens is 2. The van der Waals surface area contributed by atoms with E-state index in [0.717, 1.165) is 44.1 Å². The number of aliphatic hydroxyl groups is 1. The SMILES string of the molecule is Cc1ccccc1C1CN(c2cc(N3CCCC3CO)ncn2)CCO1. The summed E-state index contributed by atoms with van der Waals surface area (Å²) in [6.45, 7) is 5.53. The summed E-state index contributed by atoms with van der Waals surface area (Å²) in [6.07, 6.45) is 3.80. The summed E-state index contributed by atoms with van der Waals surface area (Å²) < 4.78 is 6.03. The molecular weight excluding hydrogens is 328 g/mol. The molecule has 1 aromatic heterocycles. The Balaban J connectivity index is 1.54. The molecule has 0 radical (unpaired) electrons. The van der Waals surface area contributed by atoms with E-state index in [1.165, 1.54) is 11.1 Å². The Morgan fingerprint density at radius 3 is 2.88 bits per heavy atom. The van der Waals surface area contributed by atoms with Crippen LogP contribution in [-0.2, 0) is 4.74 Å². The molecule has 2 unspecified atom stereocenters. The van der Waals surface area contributed by atoms with Crippen LogP contribution in [0.15, 0.2) is 36.7 Å². The maximum Gasteiger partial charge on any atom is 0.134 e. The topological polar surface area (TPSA) is 61.7 Å². The second kappa shape index (κ2) is 7.60. The van der Waals surface area contributed by atoms with Gasteiger partial charge in [0.05, 0.1) is 19.3 Å². The van der Waals surface area contributed by atoms with Crippen molar-refractivity contribution in [2.45, 2.75) is 31.9 Å². The number of benzene rings is 1. The first-order valence-electron chi connectivity index (χ1n) is 9.38. The van der Waals surface area contributed by atoms with Gasteiger partial charge in [0, 0.05) is 25.7 Å². The molecule has 1 aromatic carbocycles. The van der Waals surface area contributed by atoms with Gasteiger partial charge in [0.25, 0.3) is 0 Å². The molecule has 6 heteroatoms. The highest BCUT2D eigenvalue weighted by molar-refractivity contribution is 5.52. The van der Waals surface area contributed by atoms with Gasteiger partial charge in [-0.05, 0) is 30.9 Å². The average molecular weight is 354 g/mol. The van der Waals surface area contributed by atoms with E-state index in [9.17, 15) is 5.11 Å². The quantitative estimate of drug-likeness (QED) is 0.909. The number of aryl methyl sites for hydroxylation is 1. The smallest absolute Gasteiger partial charge is 0.134 e. The molecule has 2 aliphatic heterocycles. The van der Waals surface area contributed by atoms with Crippen molar-refractivity contribution < 1.29 is 9.84 Å². The largest absolute Gasteiger partial charge is 0.394 e. The normalized spacial score (nSPS) is 23.5. The van der Waals surface area contributed by atoms with Crippen molar-refractivity contribution in [1.29, 1.82) is 0 Å². The zero-order valence-corrected chi connectivity index (χ0v) is 15.2. The Morgan fingerprint density at radius 1 is 1.19 bits per heavy atom. The van der Waals surface area contributed by atoms with Crippen LogP contribution in [0.3, 0.4) is 0 Å². The molecule has 6 nitrogen and oxygen atoms in total. The highest BCUT2D eigenvalue weighted by atomic mass is 16.5. The summed E-state index contributed by atoms with van der Waals surface area (Å²) in [4.78, 5) is 13.4. The fourth-order valence-electron chi connectivity index (χ4n) is 3.99. The summed E-state index contributed by atoms with van der Waals surface area (Å²) in [5.74, 6) is 1.84. The molecule has 0 amide bonds. The van der Waals surface area contributed by atoms with Gasteiger partial charge in [0.2, 0.25) is 0 Å². The van der Waals surface area contributed by atoms with Crippen LogP contribution in [0, 0.1) is 6.92 Å². The van der Waals surface area contributed by atoms with Gasteiger partial charge in [-0.1, -0.05) is 24.3 Å². The van der Waals surface area contributed by atoms with Crippen LogP contribution < -0.4 is 9.80 Å². The van der Waals surface area contributed by atoms with Crippen LogP contribution in [0.1, 0.15) is 30.1 Å². The summed E-state index contributed by atoms with van der Waals surface area (Å²) in [7, 11) is 0. The minimum Gasteiger partial charge on any atom is -0.394 e. The molecule has 0 aliphatic carbocycles. The number of hydrogen-bond donors (Lipinski definition) is 1. The molecule has 138 valence electrons. The van der Waals surface area contributed by atoms with Gasteiger partial charge >= 0.3 is 0 Å². The van der Waals surface area contributed by atoms with Crippen molar-refractivity contribution in [3.05, 3.63) is 47.8 Å². The molecule has 0 saturated carbocycles. The number of nitrogens with zero attached hydrogens (tertiary/aromatic N) is 4. The molecule has 2 aliphatic rings. The van der Waals surface area contributed by atoms with E-state index in [0.29, 0.717) is 6.61 Å². The lowest BCUT2D eigenvalue weighted by Crippen LogP contribution is -2.39. The molecule has 3 heterocycles. The van der Waals surface area contributed by atoms with Crippen LogP contribution in [-0.4, -0.2) is 54.0 Å². The van der Waals surface area contributed by atoms with Crippen molar-refractivity contribution in [2.24, 2.45) is 0 Å². The van der Waals surface area contributed by atoms with Crippen molar-refractivity contribution >= 4 is 11.6 Å². The van der Waals surface area contributed by atoms with Crippen molar-refractivity contribution in [1.82, 2.24) is 9.97 Å². The van der Waals surface area contributed by atoms with Crippen LogP contribution in [0.2, 0.25) is 0 Å². The van der Waals surface area contributed by atoms with E-state index in [1.807, 2.05) is 6.07 Å². The van der Waals surface area contributed by atoms with Crippen LogP contribution in [0.4, 0.5) is 11.6 Å². The van der Waals surface area contributed by atoms with Crippen LogP contribution in [0.5, 0.6) is 0 Å². The first-order chi connectivity index (χ1) is 12.8. The standard InChI is InChI=1S/C20H26N4O2/c1-15-5-2-3-7-17(15)18-12-23(9-10-26-18)19-11-20(22-14-21-19)24-8-4-6-16(24)13-25/h2-3,5,7,11,14,16,18,25H,4,6,8-10,12-13H2,1H3. The Hall–Kier alpha value is -2.18. The predicted octanol–water partition coefficient (Wildman–Crippen LogP) is 2.32. The third-order valence-corrected chi connectivity index (χ3v) is 5.45. The summed E-state index contributed by atoms with van der Waals surface area (Å²) >= 11 is 0. The minimum absolute atomic E-state index is 0.0559. The highest BCUT2D eigenvalue weighted by Gasteiger charge is 2.27. The van der Waals surface area contributed by atoms with Crippen LogP contribution in [0.25, 0.3) is 0 Å². The molecule has 0 bridgehead atoms. The molecule has 2 atom stereocenters. The molecule has 2 fully saturated rings. The molecule has 2 aromatic rings. The van der Waals surface area contributed by atoms with E-state index >= 15 is 0 Å². The number of morpholine rings is 1. The maximum atomic E-state index is 9.59. The summed E-state index contributed by atoms with van der Waals surface area (Å²) in [5, 5.41) is 9.59. The zero-order chi connectivity index (χ0) is 17.9. The fourth-order valence-corrected chi connectivity index (χ4v) is 3.99. The van der Waals surface area contributed by atoms with E-state index < -0.39 is 0 Å². The molecule has 1 N–H and O–H groups in total. The van der Waals surface area contributed by atoms with E-state index in [1.54, 1.807) is 6.33 Å². The molecule has 2 saturated heterocycles. The Kier molecular flexibility index (Phi) is 5.04. The molecular formula is C20H26N4O2. The minimum atomic E-state index is 0.0559. The monoisotopic (exact) mass is 354 g/mol. The number of aliphatic hydroxyl groups excluding tert-OH is 1. The van der Waals surface area contributed by atoms with Gasteiger partial charge in [-0.2, -0.15) is 0 Å². The lowest BCUT2D eigenvalue weighted by atomic mass is 10.0. The van der Waals surface area contributed by atoms with E-state index in [4.69, 9.17) is 4.74 Å². The third-order valence-electron chi connectivity index (χ3n) is 5.45. The number of hydrogen-bond acceptors (Lipinski definition) is 6. The van der Waals surface area contributed by atoms with Crippen LogP contribution >= 0.6 is 0 Å². The number of rotatable bonds is 4. The van der Waals surface area contributed by atoms with Gasteiger partial charge in [-0.3, -0.25) is 0 Å².